The molecular weight excluding hydrogens is 220 g/mol. The van der Waals surface area contributed by atoms with E-state index in [1.165, 1.54) is 0 Å². The van der Waals surface area contributed by atoms with Crippen LogP contribution in [-0.4, -0.2) is 16.6 Å². The fourth-order valence-electron chi connectivity index (χ4n) is 0.988. The average molecular weight is 226 g/mol. The Bertz CT molecular complexity index is 383. The molecule has 78 valence electrons. The van der Waals surface area contributed by atoms with E-state index in [0.717, 1.165) is 6.26 Å². The molecule has 0 heterocycles. The van der Waals surface area contributed by atoms with E-state index in [-0.39, 0.29) is 0 Å². The van der Waals surface area contributed by atoms with Crippen LogP contribution in [0, 0.1) is 0 Å². The zero-order valence-electron chi connectivity index (χ0n) is 7.11. The molecule has 0 aromatic carbocycles. The third-order valence-electron chi connectivity index (χ3n) is 1.71. The van der Waals surface area contributed by atoms with Crippen LogP contribution in [0.1, 0.15) is 0 Å². The normalized spacial score (nSPS) is 25.8. The Morgan fingerprint density at radius 1 is 1.29 bits per heavy atom. The highest BCUT2D eigenvalue weighted by molar-refractivity contribution is 7.88. The van der Waals surface area contributed by atoms with Crippen LogP contribution in [0.15, 0.2) is 34.5 Å². The van der Waals surface area contributed by atoms with E-state index in [4.69, 9.17) is 0 Å². The topological polar surface area (TPSA) is 17.1 Å². The molecule has 0 radical (unpaired) electrons. The standard InChI is InChI=1S/C8H6F4OS/c1-3-4(9)6(11)8(14(2)13)7(12)5(3)10/h4H,1H2,2H3. The van der Waals surface area contributed by atoms with E-state index in [2.05, 4.69) is 6.58 Å². The van der Waals surface area contributed by atoms with E-state index in [0.29, 0.717) is 0 Å². The van der Waals surface area contributed by atoms with Gasteiger partial charge in [0.15, 0.2) is 23.7 Å². The third kappa shape index (κ3) is 1.54. The lowest BCUT2D eigenvalue weighted by atomic mass is 10.0. The van der Waals surface area contributed by atoms with E-state index < -0.39 is 44.9 Å². The summed E-state index contributed by atoms with van der Waals surface area (Å²) in [7, 11) is -2.12. The summed E-state index contributed by atoms with van der Waals surface area (Å²) in [6, 6.07) is 0. The lowest BCUT2D eigenvalue weighted by Gasteiger charge is -2.17. The van der Waals surface area contributed by atoms with Gasteiger partial charge in [0, 0.05) is 11.8 Å². The van der Waals surface area contributed by atoms with Crippen molar-refractivity contribution < 1.29 is 21.8 Å². The largest absolute Gasteiger partial charge is 0.254 e. The number of hydrogen-bond donors (Lipinski definition) is 0. The lowest BCUT2D eigenvalue weighted by molar-refractivity contribution is 0.347. The molecule has 0 amide bonds. The quantitative estimate of drug-likeness (QED) is 0.628. The van der Waals surface area contributed by atoms with Gasteiger partial charge in [-0.1, -0.05) is 6.58 Å². The van der Waals surface area contributed by atoms with Crippen molar-refractivity contribution in [2.75, 3.05) is 6.26 Å². The molecule has 0 fully saturated rings. The van der Waals surface area contributed by atoms with E-state index in [9.17, 15) is 21.8 Å². The van der Waals surface area contributed by atoms with Gasteiger partial charge in [0.2, 0.25) is 0 Å². The number of alkyl halides is 1. The number of hydrogen-bond acceptors (Lipinski definition) is 1. The van der Waals surface area contributed by atoms with E-state index in [1.54, 1.807) is 0 Å². The first kappa shape index (κ1) is 11.2. The van der Waals surface area contributed by atoms with Gasteiger partial charge in [-0.05, 0) is 0 Å². The van der Waals surface area contributed by atoms with Crippen LogP contribution in [0.25, 0.3) is 0 Å². The molecule has 0 spiro atoms. The summed E-state index contributed by atoms with van der Waals surface area (Å²) in [6.45, 7) is 2.85. The molecule has 0 saturated carbocycles. The van der Waals surface area contributed by atoms with Gasteiger partial charge in [0.25, 0.3) is 0 Å². The second-order valence-corrected chi connectivity index (χ2v) is 3.96. The minimum atomic E-state index is -2.45. The Hall–Kier alpha value is -0.910. The molecule has 6 heteroatoms. The van der Waals surface area contributed by atoms with Gasteiger partial charge in [0.05, 0.1) is 10.8 Å². The summed E-state index contributed by atoms with van der Waals surface area (Å²) < 4.78 is 62.5. The molecule has 0 saturated heterocycles. The van der Waals surface area contributed by atoms with Crippen LogP contribution < -0.4 is 0 Å². The van der Waals surface area contributed by atoms with Crippen molar-refractivity contribution in [1.82, 2.24) is 0 Å². The van der Waals surface area contributed by atoms with Crippen LogP contribution in [0.5, 0.6) is 0 Å². The molecule has 1 aliphatic carbocycles. The van der Waals surface area contributed by atoms with E-state index >= 15 is 0 Å². The van der Waals surface area contributed by atoms with Crippen molar-refractivity contribution in [3.05, 3.63) is 34.5 Å². The second kappa shape index (κ2) is 3.68. The zero-order valence-corrected chi connectivity index (χ0v) is 7.93. The maximum absolute atomic E-state index is 13.0. The molecular formula is C8H6F4OS. The molecule has 0 aromatic heterocycles. The Labute approximate surface area is 80.3 Å². The molecule has 0 aliphatic heterocycles. The van der Waals surface area contributed by atoms with Crippen molar-refractivity contribution in [1.29, 1.82) is 0 Å². The van der Waals surface area contributed by atoms with Crippen molar-refractivity contribution in [2.24, 2.45) is 0 Å². The summed E-state index contributed by atoms with van der Waals surface area (Å²) >= 11 is 0. The fraction of sp³-hybridized carbons (Fsp3) is 0.250. The fourth-order valence-corrected chi connectivity index (χ4v) is 1.71. The highest BCUT2D eigenvalue weighted by atomic mass is 32.2. The monoisotopic (exact) mass is 226 g/mol. The Kier molecular flexibility index (Phi) is 2.94. The number of rotatable bonds is 1. The van der Waals surface area contributed by atoms with Crippen LogP contribution in [0.4, 0.5) is 17.6 Å². The predicted octanol–water partition coefficient (Wildman–Crippen LogP) is 2.60. The molecule has 1 aliphatic rings. The summed E-state index contributed by atoms with van der Waals surface area (Å²) in [5.41, 5.74) is -0.922. The first-order valence-electron chi connectivity index (χ1n) is 3.50. The molecule has 14 heavy (non-hydrogen) atoms. The molecule has 0 bridgehead atoms. The molecule has 1 nitrogen and oxygen atoms in total. The van der Waals surface area contributed by atoms with Crippen LogP contribution >= 0.6 is 0 Å². The van der Waals surface area contributed by atoms with Crippen molar-refractivity contribution in [3.8, 4) is 0 Å². The Morgan fingerprint density at radius 3 is 2.21 bits per heavy atom. The third-order valence-corrected chi connectivity index (χ3v) is 2.66. The number of allylic oxidation sites excluding steroid dienone is 4. The predicted molar refractivity (Wildman–Crippen MR) is 45.5 cm³/mol. The minimum absolute atomic E-state index is 0.922. The van der Waals surface area contributed by atoms with Gasteiger partial charge in [-0.25, -0.2) is 17.6 Å². The second-order valence-electron chi connectivity index (χ2n) is 2.65. The number of halogens is 4. The van der Waals surface area contributed by atoms with Gasteiger partial charge in [-0.3, -0.25) is 4.21 Å². The van der Waals surface area contributed by atoms with Crippen LogP contribution in [-0.2, 0) is 10.8 Å². The molecule has 2 unspecified atom stereocenters. The summed E-state index contributed by atoms with van der Waals surface area (Å²) in [5, 5.41) is 0. The molecule has 0 aromatic rings. The molecule has 1 rings (SSSR count). The highest BCUT2D eigenvalue weighted by Crippen LogP contribution is 2.38. The van der Waals surface area contributed by atoms with Gasteiger partial charge in [0.1, 0.15) is 4.91 Å². The van der Waals surface area contributed by atoms with Crippen LogP contribution in [0.2, 0.25) is 0 Å². The zero-order chi connectivity index (χ0) is 11.0. The lowest BCUT2D eigenvalue weighted by Crippen LogP contribution is -2.16. The van der Waals surface area contributed by atoms with Gasteiger partial charge in [-0.2, -0.15) is 0 Å². The average Bonchev–Trinajstić information content (AvgIpc) is 2.11. The Morgan fingerprint density at radius 2 is 1.79 bits per heavy atom. The summed E-state index contributed by atoms with van der Waals surface area (Å²) in [5.74, 6) is -4.79. The van der Waals surface area contributed by atoms with Crippen molar-refractivity contribution >= 4 is 10.8 Å². The first-order chi connectivity index (χ1) is 6.37. The molecule has 0 N–H and O–H groups in total. The first-order valence-corrected chi connectivity index (χ1v) is 5.05. The maximum Gasteiger partial charge on any atom is 0.180 e. The van der Waals surface area contributed by atoms with Crippen molar-refractivity contribution in [3.63, 3.8) is 0 Å². The Balaban J connectivity index is 3.40. The smallest absolute Gasteiger partial charge is 0.180 e. The highest BCUT2D eigenvalue weighted by Gasteiger charge is 2.35. The van der Waals surface area contributed by atoms with Crippen LogP contribution in [0.3, 0.4) is 0 Å². The van der Waals surface area contributed by atoms with Gasteiger partial charge >= 0.3 is 0 Å². The van der Waals surface area contributed by atoms with Crippen molar-refractivity contribution in [2.45, 2.75) is 6.17 Å². The summed E-state index contributed by atoms with van der Waals surface area (Å²) in [6.07, 6.45) is -1.52. The molecule has 2 atom stereocenters. The SMILES string of the molecule is C=C1C(F)=C(F)C(S(C)=O)=C(F)C1F. The van der Waals surface area contributed by atoms with Gasteiger partial charge < -0.3 is 0 Å². The van der Waals surface area contributed by atoms with E-state index in [1.807, 2.05) is 0 Å². The maximum atomic E-state index is 13.0. The minimum Gasteiger partial charge on any atom is -0.254 e. The summed E-state index contributed by atoms with van der Waals surface area (Å²) in [4.78, 5) is -1.07. The van der Waals surface area contributed by atoms with Gasteiger partial charge in [-0.15, -0.1) is 0 Å².